The van der Waals surface area contributed by atoms with Crippen molar-refractivity contribution in [2.75, 3.05) is 0 Å². The summed E-state index contributed by atoms with van der Waals surface area (Å²) in [6, 6.07) is 15.8. The lowest BCUT2D eigenvalue weighted by molar-refractivity contribution is -0.0821. The topological polar surface area (TPSA) is 29.5 Å². The predicted octanol–water partition coefficient (Wildman–Crippen LogP) is 9.83. The summed E-state index contributed by atoms with van der Waals surface area (Å²) in [5.41, 5.74) is 5.83. The van der Waals surface area contributed by atoms with E-state index in [0.717, 1.165) is 23.0 Å². The molecule has 198 valence electrons. The highest BCUT2D eigenvalue weighted by Crippen LogP contribution is 2.69. The van der Waals surface area contributed by atoms with Gasteiger partial charge in [0, 0.05) is 21.6 Å². The van der Waals surface area contributed by atoms with Crippen LogP contribution in [-0.4, -0.2) is 10.0 Å². The number of hydrogen-bond acceptors (Lipinski definition) is 3. The number of benzene rings is 3. The van der Waals surface area contributed by atoms with Gasteiger partial charge in [0.2, 0.25) is 0 Å². The maximum Gasteiger partial charge on any atom is 0.169 e. The molecule has 2 spiro atoms. The minimum absolute atomic E-state index is 0.0501. The van der Waals surface area contributed by atoms with Crippen molar-refractivity contribution in [1.82, 2.24) is 0 Å². The molecule has 38 heavy (non-hydrogen) atoms. The summed E-state index contributed by atoms with van der Waals surface area (Å²) in [6.07, 6.45) is 11.6. The number of phenols is 1. The third kappa shape index (κ3) is 2.82. The molecule has 1 heterocycles. The number of ether oxygens (including phenoxy) is 1. The minimum atomic E-state index is -0.295. The lowest BCUT2D eigenvalue weighted by atomic mass is 9.62. The molecule has 5 aliphatic rings. The summed E-state index contributed by atoms with van der Waals surface area (Å²) in [6.45, 7) is 9.56. The van der Waals surface area contributed by atoms with Crippen molar-refractivity contribution in [2.45, 2.75) is 101 Å². The zero-order valence-corrected chi connectivity index (χ0v) is 24.1. The van der Waals surface area contributed by atoms with E-state index in [2.05, 4.69) is 70.2 Å². The Morgan fingerprint density at radius 1 is 0.816 bits per heavy atom. The highest BCUT2D eigenvalue weighted by atomic mass is 32.2. The Bertz CT molecular complexity index is 1470. The van der Waals surface area contributed by atoms with Crippen LogP contribution in [0.4, 0.5) is 0 Å². The molecular formula is C35H40O2S. The summed E-state index contributed by atoms with van der Waals surface area (Å²) >= 11 is 1.96. The maximum atomic E-state index is 11.6. The van der Waals surface area contributed by atoms with Gasteiger partial charge < -0.3 is 9.84 Å². The highest BCUT2D eigenvalue weighted by Gasteiger charge is 2.62. The van der Waals surface area contributed by atoms with Crippen LogP contribution < -0.4 is 4.74 Å². The third-order valence-electron chi connectivity index (χ3n) is 11.6. The van der Waals surface area contributed by atoms with E-state index in [4.69, 9.17) is 4.74 Å². The molecule has 0 saturated heterocycles. The van der Waals surface area contributed by atoms with Crippen molar-refractivity contribution >= 4 is 22.5 Å². The summed E-state index contributed by atoms with van der Waals surface area (Å²) in [4.78, 5) is 0.948. The second-order valence-electron chi connectivity index (χ2n) is 14.4. The Balaban J connectivity index is 1.34. The molecule has 3 fully saturated rings. The summed E-state index contributed by atoms with van der Waals surface area (Å²) in [5, 5.41) is 13.7. The van der Waals surface area contributed by atoms with Gasteiger partial charge in [0.1, 0.15) is 11.5 Å². The van der Waals surface area contributed by atoms with Crippen LogP contribution in [0.15, 0.2) is 47.4 Å². The van der Waals surface area contributed by atoms with Gasteiger partial charge in [0.15, 0.2) is 4.93 Å². The summed E-state index contributed by atoms with van der Waals surface area (Å²) in [7, 11) is 0. The van der Waals surface area contributed by atoms with Crippen LogP contribution in [-0.2, 0) is 5.41 Å². The Hall–Kier alpha value is -2.13. The van der Waals surface area contributed by atoms with E-state index >= 15 is 0 Å². The van der Waals surface area contributed by atoms with E-state index in [9.17, 15) is 5.11 Å². The zero-order valence-electron chi connectivity index (χ0n) is 23.3. The van der Waals surface area contributed by atoms with Gasteiger partial charge in [-0.3, -0.25) is 0 Å². The van der Waals surface area contributed by atoms with E-state index in [1.807, 2.05) is 11.8 Å². The normalized spacial score (nSPS) is 31.2. The Labute approximate surface area is 231 Å². The van der Waals surface area contributed by atoms with E-state index in [-0.39, 0.29) is 21.2 Å². The fourth-order valence-electron chi connectivity index (χ4n) is 9.84. The molecule has 4 aliphatic carbocycles. The Morgan fingerprint density at radius 2 is 1.50 bits per heavy atom. The van der Waals surface area contributed by atoms with Gasteiger partial charge in [-0.25, -0.2) is 0 Å². The molecule has 3 heteroatoms. The lowest BCUT2D eigenvalue weighted by Crippen LogP contribution is -2.57. The first-order valence-corrected chi connectivity index (χ1v) is 15.8. The molecule has 3 aromatic rings. The van der Waals surface area contributed by atoms with Crippen LogP contribution in [0, 0.1) is 22.7 Å². The van der Waals surface area contributed by atoms with Crippen LogP contribution in [0.1, 0.15) is 96.6 Å². The van der Waals surface area contributed by atoms with E-state index in [0.29, 0.717) is 5.75 Å². The molecule has 3 aromatic carbocycles. The Kier molecular flexibility index (Phi) is 4.70. The second kappa shape index (κ2) is 7.53. The van der Waals surface area contributed by atoms with Crippen LogP contribution in [0.3, 0.4) is 0 Å². The van der Waals surface area contributed by atoms with Gasteiger partial charge >= 0.3 is 0 Å². The first-order valence-electron chi connectivity index (χ1n) is 15.0. The van der Waals surface area contributed by atoms with Gasteiger partial charge in [0.05, 0.1) is 4.90 Å². The van der Waals surface area contributed by atoms with Crippen molar-refractivity contribution in [1.29, 1.82) is 0 Å². The van der Waals surface area contributed by atoms with Crippen molar-refractivity contribution in [3.63, 3.8) is 0 Å². The minimum Gasteiger partial charge on any atom is -0.507 e. The number of fused-ring (bicyclic) bond motifs is 9. The van der Waals surface area contributed by atoms with Crippen LogP contribution in [0.2, 0.25) is 0 Å². The summed E-state index contributed by atoms with van der Waals surface area (Å²) in [5.74, 6) is 3.01. The summed E-state index contributed by atoms with van der Waals surface area (Å²) < 4.78 is 7.03. The molecule has 2 nitrogen and oxygen atoms in total. The lowest BCUT2D eigenvalue weighted by Gasteiger charge is -2.55. The van der Waals surface area contributed by atoms with Crippen LogP contribution in [0.5, 0.6) is 11.5 Å². The van der Waals surface area contributed by atoms with Crippen molar-refractivity contribution in [3.05, 3.63) is 53.6 Å². The van der Waals surface area contributed by atoms with Crippen molar-refractivity contribution in [3.8, 4) is 22.6 Å². The molecule has 0 aromatic heterocycles. The van der Waals surface area contributed by atoms with E-state index in [1.54, 1.807) is 0 Å². The number of rotatable bonds is 0. The molecule has 3 saturated carbocycles. The number of hydrogen-bond donors (Lipinski definition) is 1. The largest absolute Gasteiger partial charge is 0.507 e. The first kappa shape index (κ1) is 23.7. The quantitative estimate of drug-likeness (QED) is 0.317. The molecule has 2 atom stereocenters. The number of thioether (sulfide) groups is 1. The zero-order chi connectivity index (χ0) is 26.1. The molecule has 0 bridgehead atoms. The maximum absolute atomic E-state index is 11.6. The standard InChI is InChI=1S/C35H40O2S/c1-32(2)14-9-15-33(3,4)35(32)37-29-16-24-25(17-30(29)38-35)31-23-12-7-8-13-26(23)34(27(31)18-28(24)36)19-21-10-5-6-11-22(21)20-34/h7-8,12-13,16-18,21-22,36H,5-6,9-11,14-15,19-20H2,1-4H3. The number of phenolic OH excluding ortho intramolecular Hbond substituents is 1. The smallest absolute Gasteiger partial charge is 0.169 e. The highest BCUT2D eigenvalue weighted by molar-refractivity contribution is 8.01. The van der Waals surface area contributed by atoms with Crippen LogP contribution >= 0.6 is 11.8 Å². The second-order valence-corrected chi connectivity index (χ2v) is 15.7. The van der Waals surface area contributed by atoms with Gasteiger partial charge in [-0.15, -0.1) is 0 Å². The Morgan fingerprint density at radius 3 is 2.21 bits per heavy atom. The van der Waals surface area contributed by atoms with Crippen LogP contribution in [0.25, 0.3) is 21.9 Å². The third-order valence-corrected chi connectivity index (χ3v) is 13.6. The molecular weight excluding hydrogens is 484 g/mol. The van der Waals surface area contributed by atoms with E-state index in [1.165, 1.54) is 90.3 Å². The fraction of sp³-hybridized carbons (Fsp3) is 0.543. The van der Waals surface area contributed by atoms with Crippen molar-refractivity contribution in [2.24, 2.45) is 22.7 Å². The van der Waals surface area contributed by atoms with Gasteiger partial charge in [-0.05, 0) is 83.4 Å². The molecule has 0 amide bonds. The average Bonchev–Trinajstić information content (AvgIpc) is 3.54. The SMILES string of the molecule is CC1(C)CCCC(C)(C)C12Oc1cc3c(O)cc4c(c3cc1S2)-c1ccccc1C41CC2CCCCC2C1. The molecule has 1 aliphatic heterocycles. The van der Waals surface area contributed by atoms with Crippen molar-refractivity contribution < 1.29 is 9.84 Å². The average molecular weight is 525 g/mol. The molecule has 1 N–H and O–H groups in total. The van der Waals surface area contributed by atoms with Gasteiger partial charge in [-0.1, -0.05) is 95.8 Å². The molecule has 0 radical (unpaired) electrons. The molecule has 2 unspecified atom stereocenters. The fourth-order valence-corrected chi connectivity index (χ4v) is 11.4. The predicted molar refractivity (Wildman–Crippen MR) is 157 cm³/mol. The number of aromatic hydroxyl groups is 1. The van der Waals surface area contributed by atoms with Gasteiger partial charge in [-0.2, -0.15) is 0 Å². The van der Waals surface area contributed by atoms with E-state index < -0.39 is 0 Å². The molecule has 8 rings (SSSR count). The van der Waals surface area contributed by atoms with Gasteiger partial charge in [0.25, 0.3) is 0 Å². The first-order chi connectivity index (χ1) is 18.2. The monoisotopic (exact) mass is 524 g/mol.